The maximum atomic E-state index is 12.9. The van der Waals surface area contributed by atoms with Crippen molar-refractivity contribution in [2.75, 3.05) is 29.9 Å². The van der Waals surface area contributed by atoms with E-state index < -0.39 is 15.9 Å². The number of rotatable bonds is 6. The number of amides is 2. The second kappa shape index (κ2) is 10.5. The van der Waals surface area contributed by atoms with Gasteiger partial charge in [-0.3, -0.25) is 9.59 Å². The van der Waals surface area contributed by atoms with Gasteiger partial charge in [0.2, 0.25) is 10.0 Å². The molecule has 192 valence electrons. The molecule has 1 saturated heterocycles. The fourth-order valence-electron chi connectivity index (χ4n) is 4.51. The summed E-state index contributed by atoms with van der Waals surface area (Å²) >= 11 is 6.10. The van der Waals surface area contributed by atoms with Crippen LogP contribution in [-0.2, 0) is 21.4 Å². The number of hydrogen-bond donors (Lipinski definition) is 1. The Hall–Kier alpha value is -3.40. The van der Waals surface area contributed by atoms with Crippen molar-refractivity contribution in [1.29, 1.82) is 0 Å². The van der Waals surface area contributed by atoms with E-state index in [9.17, 15) is 18.0 Å². The van der Waals surface area contributed by atoms with Gasteiger partial charge in [-0.2, -0.15) is 4.31 Å². The highest BCUT2D eigenvalue weighted by Crippen LogP contribution is 2.36. The molecule has 0 unspecified atom stereocenters. The highest BCUT2D eigenvalue weighted by Gasteiger charge is 2.27. The number of piperidine rings is 1. The molecular weight excluding hydrogens is 514 g/mol. The van der Waals surface area contributed by atoms with Gasteiger partial charge in [0.15, 0.2) is 6.61 Å². The quantitative estimate of drug-likeness (QED) is 0.490. The maximum Gasteiger partial charge on any atom is 0.265 e. The zero-order chi connectivity index (χ0) is 26.0. The topological polar surface area (TPSA) is 96.0 Å². The molecule has 1 fully saturated rings. The van der Waals surface area contributed by atoms with Crippen LogP contribution >= 0.6 is 11.6 Å². The molecule has 0 radical (unpaired) electrons. The van der Waals surface area contributed by atoms with Crippen molar-refractivity contribution in [3.05, 3.63) is 82.9 Å². The van der Waals surface area contributed by atoms with Crippen molar-refractivity contribution >= 4 is 44.8 Å². The van der Waals surface area contributed by atoms with Crippen LogP contribution in [0.25, 0.3) is 0 Å². The summed E-state index contributed by atoms with van der Waals surface area (Å²) in [7, 11) is -3.57. The molecule has 5 rings (SSSR count). The minimum Gasteiger partial charge on any atom is -0.482 e. The molecule has 0 spiro atoms. The van der Waals surface area contributed by atoms with Crippen molar-refractivity contribution < 1.29 is 22.7 Å². The van der Waals surface area contributed by atoms with E-state index in [1.54, 1.807) is 35.2 Å². The standard InChI is InChI=1S/C27H26ClN3O5S/c28-21-6-4-5-19(15-21)17-31-24-16-22(9-12-25(24)36-18-26(31)32)29-27(33)20-7-10-23(11-8-20)37(34,35)30-13-2-1-3-14-30/h4-12,15-16H,1-3,13-14,17-18H2,(H,29,33). The van der Waals surface area contributed by atoms with Gasteiger partial charge in [0.05, 0.1) is 17.1 Å². The number of anilines is 2. The van der Waals surface area contributed by atoms with E-state index in [-0.39, 0.29) is 17.4 Å². The van der Waals surface area contributed by atoms with Crippen LogP contribution in [0.1, 0.15) is 35.2 Å². The van der Waals surface area contributed by atoms with Gasteiger partial charge in [0, 0.05) is 29.4 Å². The first-order valence-corrected chi connectivity index (χ1v) is 13.9. The van der Waals surface area contributed by atoms with Crippen LogP contribution in [0, 0.1) is 0 Å². The molecule has 37 heavy (non-hydrogen) atoms. The molecule has 2 amide bonds. The zero-order valence-electron chi connectivity index (χ0n) is 20.0. The molecule has 10 heteroatoms. The largest absolute Gasteiger partial charge is 0.482 e. The predicted molar refractivity (Wildman–Crippen MR) is 142 cm³/mol. The number of benzene rings is 3. The molecule has 0 aromatic heterocycles. The van der Waals surface area contributed by atoms with E-state index in [1.165, 1.54) is 28.6 Å². The number of sulfonamides is 1. The predicted octanol–water partition coefficient (Wildman–Crippen LogP) is 4.69. The Balaban J connectivity index is 1.33. The summed E-state index contributed by atoms with van der Waals surface area (Å²) in [4.78, 5) is 27.3. The minimum atomic E-state index is -3.57. The summed E-state index contributed by atoms with van der Waals surface area (Å²) in [5.41, 5.74) is 2.20. The summed E-state index contributed by atoms with van der Waals surface area (Å²) in [6, 6.07) is 18.3. The van der Waals surface area contributed by atoms with Gasteiger partial charge in [-0.1, -0.05) is 30.2 Å². The number of fused-ring (bicyclic) bond motifs is 1. The van der Waals surface area contributed by atoms with Gasteiger partial charge >= 0.3 is 0 Å². The lowest BCUT2D eigenvalue weighted by molar-refractivity contribution is -0.121. The SMILES string of the molecule is O=C(Nc1ccc2c(c1)N(Cc1cccc(Cl)c1)C(=O)CO2)c1ccc(S(=O)(=O)N2CCCCC2)cc1. The summed E-state index contributed by atoms with van der Waals surface area (Å²) in [6.07, 6.45) is 2.74. The number of ether oxygens (including phenoxy) is 1. The van der Waals surface area contributed by atoms with Gasteiger partial charge in [0.1, 0.15) is 5.75 Å². The summed E-state index contributed by atoms with van der Waals surface area (Å²) in [5, 5.41) is 3.40. The number of nitrogens with one attached hydrogen (secondary N) is 1. The van der Waals surface area contributed by atoms with E-state index in [4.69, 9.17) is 16.3 Å². The van der Waals surface area contributed by atoms with E-state index >= 15 is 0 Å². The summed E-state index contributed by atoms with van der Waals surface area (Å²) < 4.78 is 32.8. The van der Waals surface area contributed by atoms with E-state index in [0.717, 1.165) is 24.8 Å². The van der Waals surface area contributed by atoms with Crippen molar-refractivity contribution in [2.24, 2.45) is 0 Å². The van der Waals surface area contributed by atoms with Crippen LogP contribution in [0.3, 0.4) is 0 Å². The number of hydrogen-bond acceptors (Lipinski definition) is 5. The Bertz CT molecular complexity index is 1440. The second-order valence-corrected chi connectivity index (χ2v) is 11.4. The third-order valence-corrected chi connectivity index (χ3v) is 8.61. The van der Waals surface area contributed by atoms with Crippen LogP contribution < -0.4 is 15.0 Å². The highest BCUT2D eigenvalue weighted by atomic mass is 35.5. The summed E-state index contributed by atoms with van der Waals surface area (Å²) in [5.74, 6) is -0.0697. The van der Waals surface area contributed by atoms with Crippen LogP contribution in [0.15, 0.2) is 71.6 Å². The Morgan fingerprint density at radius 1 is 0.973 bits per heavy atom. The van der Waals surface area contributed by atoms with Gasteiger partial charge < -0.3 is 15.0 Å². The molecule has 0 aliphatic carbocycles. The first-order valence-electron chi connectivity index (χ1n) is 12.0. The molecule has 0 atom stereocenters. The Morgan fingerprint density at radius 2 is 1.73 bits per heavy atom. The molecule has 1 N–H and O–H groups in total. The van der Waals surface area contributed by atoms with Gasteiger partial charge in [-0.25, -0.2) is 8.42 Å². The van der Waals surface area contributed by atoms with Crippen molar-refractivity contribution in [3.63, 3.8) is 0 Å². The average Bonchev–Trinajstić information content (AvgIpc) is 2.91. The van der Waals surface area contributed by atoms with Gasteiger partial charge in [0.25, 0.3) is 11.8 Å². The fraction of sp³-hybridized carbons (Fsp3) is 0.259. The number of carbonyl (C=O) groups is 2. The monoisotopic (exact) mass is 539 g/mol. The molecule has 3 aromatic rings. The average molecular weight is 540 g/mol. The lowest BCUT2D eigenvalue weighted by Crippen LogP contribution is -2.38. The van der Waals surface area contributed by atoms with Crippen LogP contribution in [0.4, 0.5) is 11.4 Å². The number of carbonyl (C=O) groups excluding carboxylic acids is 2. The third kappa shape index (κ3) is 5.49. The summed E-state index contributed by atoms with van der Waals surface area (Å²) in [6.45, 7) is 1.26. The number of nitrogens with zero attached hydrogens (tertiary/aromatic N) is 2. The van der Waals surface area contributed by atoms with Crippen LogP contribution in [-0.4, -0.2) is 44.2 Å². The number of halogens is 1. The molecule has 0 bridgehead atoms. The molecule has 2 heterocycles. The van der Waals surface area contributed by atoms with E-state index in [0.29, 0.717) is 47.3 Å². The molecule has 0 saturated carbocycles. The zero-order valence-corrected chi connectivity index (χ0v) is 21.6. The second-order valence-electron chi connectivity index (χ2n) is 9.02. The molecule has 3 aromatic carbocycles. The Labute approximate surface area is 220 Å². The lowest BCUT2D eigenvalue weighted by Gasteiger charge is -2.30. The van der Waals surface area contributed by atoms with E-state index in [1.807, 2.05) is 12.1 Å². The fourth-order valence-corrected chi connectivity index (χ4v) is 6.24. The Morgan fingerprint density at radius 3 is 2.46 bits per heavy atom. The Kier molecular flexibility index (Phi) is 7.19. The van der Waals surface area contributed by atoms with Crippen LogP contribution in [0.2, 0.25) is 5.02 Å². The van der Waals surface area contributed by atoms with Crippen molar-refractivity contribution in [2.45, 2.75) is 30.7 Å². The molecule has 8 nitrogen and oxygen atoms in total. The third-order valence-electron chi connectivity index (χ3n) is 6.46. The van der Waals surface area contributed by atoms with Crippen molar-refractivity contribution in [1.82, 2.24) is 4.31 Å². The highest BCUT2D eigenvalue weighted by molar-refractivity contribution is 7.89. The maximum absolute atomic E-state index is 12.9. The minimum absolute atomic E-state index is 0.0774. The van der Waals surface area contributed by atoms with Gasteiger partial charge in [-0.15, -0.1) is 0 Å². The van der Waals surface area contributed by atoms with Gasteiger partial charge in [-0.05, 0) is 73.0 Å². The first kappa shape index (κ1) is 25.3. The molecule has 2 aliphatic heterocycles. The molecule has 2 aliphatic rings. The van der Waals surface area contributed by atoms with E-state index in [2.05, 4.69) is 5.32 Å². The normalized spacial score (nSPS) is 16.1. The first-order chi connectivity index (χ1) is 17.8. The smallest absolute Gasteiger partial charge is 0.265 e. The van der Waals surface area contributed by atoms with Crippen molar-refractivity contribution in [3.8, 4) is 5.75 Å². The van der Waals surface area contributed by atoms with Crippen LogP contribution in [0.5, 0.6) is 5.75 Å². The molecular formula is C27H26ClN3O5S. The lowest BCUT2D eigenvalue weighted by atomic mass is 10.1.